The second kappa shape index (κ2) is 8.62. The Balaban J connectivity index is 2.11. The number of carbonyl (C=O) groups excluding carboxylic acids is 2. The molecule has 0 fully saturated rings. The highest BCUT2D eigenvalue weighted by atomic mass is 16.3. The molecule has 1 aromatic rings. The molecular formula is C19H26N2O3. The summed E-state index contributed by atoms with van der Waals surface area (Å²) in [7, 11) is 0. The van der Waals surface area contributed by atoms with Gasteiger partial charge in [0.15, 0.2) is 11.5 Å². The molecule has 0 radical (unpaired) electrons. The van der Waals surface area contributed by atoms with Gasteiger partial charge in [-0.25, -0.2) is 0 Å². The molecule has 1 atom stereocenters. The topological polar surface area (TPSA) is 70.5 Å². The third-order valence-corrected chi connectivity index (χ3v) is 4.44. The fraction of sp³-hybridized carbons (Fsp3) is 0.526. The van der Waals surface area contributed by atoms with Crippen LogP contribution >= 0.6 is 0 Å². The van der Waals surface area contributed by atoms with Crippen LogP contribution in [0.2, 0.25) is 0 Å². The summed E-state index contributed by atoms with van der Waals surface area (Å²) >= 11 is 0. The summed E-state index contributed by atoms with van der Waals surface area (Å²) in [5.41, 5.74) is 0.935. The summed E-state index contributed by atoms with van der Waals surface area (Å²) < 4.78 is 0. The fourth-order valence-electron chi connectivity index (χ4n) is 3.19. The summed E-state index contributed by atoms with van der Waals surface area (Å²) in [6.45, 7) is 4.10. The molecule has 0 saturated carbocycles. The number of pyridine rings is 1. The van der Waals surface area contributed by atoms with Gasteiger partial charge in [0.05, 0.1) is 11.6 Å². The number of Topliss-reactive ketones (excluding diaryl/α,β-unsaturated/α-hetero) is 1. The molecule has 1 N–H and O–H groups in total. The van der Waals surface area contributed by atoms with E-state index in [0.29, 0.717) is 6.54 Å². The van der Waals surface area contributed by atoms with Crippen LogP contribution in [0.3, 0.4) is 0 Å². The van der Waals surface area contributed by atoms with Crippen molar-refractivity contribution >= 4 is 11.7 Å². The molecule has 1 unspecified atom stereocenters. The molecule has 1 aromatic heterocycles. The highest BCUT2D eigenvalue weighted by Gasteiger charge is 2.41. The van der Waals surface area contributed by atoms with Gasteiger partial charge in [-0.15, -0.1) is 0 Å². The number of hydrogen-bond acceptors (Lipinski definition) is 4. The van der Waals surface area contributed by atoms with Crippen molar-refractivity contribution < 1.29 is 14.7 Å². The third-order valence-electron chi connectivity index (χ3n) is 4.44. The van der Waals surface area contributed by atoms with Crippen LogP contribution in [0.4, 0.5) is 0 Å². The van der Waals surface area contributed by atoms with Crippen molar-refractivity contribution in [1.29, 1.82) is 0 Å². The van der Waals surface area contributed by atoms with Crippen molar-refractivity contribution in [2.45, 2.75) is 58.4 Å². The molecule has 1 aliphatic rings. The highest BCUT2D eigenvalue weighted by Crippen LogP contribution is 2.37. The van der Waals surface area contributed by atoms with Crippen LogP contribution in [0.25, 0.3) is 0 Å². The van der Waals surface area contributed by atoms with Crippen LogP contribution in [0.1, 0.15) is 64.0 Å². The van der Waals surface area contributed by atoms with E-state index < -0.39 is 17.7 Å². The van der Waals surface area contributed by atoms with Gasteiger partial charge in [0.2, 0.25) is 0 Å². The van der Waals surface area contributed by atoms with Crippen molar-refractivity contribution in [1.82, 2.24) is 9.88 Å². The van der Waals surface area contributed by atoms with E-state index in [1.807, 2.05) is 6.07 Å². The van der Waals surface area contributed by atoms with Gasteiger partial charge in [0.1, 0.15) is 0 Å². The fourth-order valence-corrected chi connectivity index (χ4v) is 3.19. The molecule has 0 saturated heterocycles. The van der Waals surface area contributed by atoms with Crippen molar-refractivity contribution in [2.24, 2.45) is 0 Å². The van der Waals surface area contributed by atoms with Gasteiger partial charge in [-0.1, -0.05) is 45.1 Å². The summed E-state index contributed by atoms with van der Waals surface area (Å²) in [5.74, 6) is -1.15. The van der Waals surface area contributed by atoms with Gasteiger partial charge in [0, 0.05) is 18.9 Å². The van der Waals surface area contributed by atoms with Crippen molar-refractivity contribution in [3.8, 4) is 0 Å². The van der Waals surface area contributed by atoms with Crippen LogP contribution in [0.5, 0.6) is 0 Å². The molecule has 0 aliphatic carbocycles. The Morgan fingerprint density at radius 1 is 1.25 bits per heavy atom. The minimum atomic E-state index is -0.528. The Labute approximate surface area is 143 Å². The summed E-state index contributed by atoms with van der Waals surface area (Å²) in [6, 6.07) is 3.08. The Hall–Kier alpha value is -2.17. The predicted octanol–water partition coefficient (Wildman–Crippen LogP) is 3.73. The number of ketones is 1. The van der Waals surface area contributed by atoms with Gasteiger partial charge in [-0.2, -0.15) is 0 Å². The molecule has 130 valence electrons. The zero-order chi connectivity index (χ0) is 17.5. The van der Waals surface area contributed by atoms with Crippen LogP contribution in [0, 0.1) is 0 Å². The monoisotopic (exact) mass is 330 g/mol. The van der Waals surface area contributed by atoms with E-state index in [1.54, 1.807) is 23.4 Å². The molecule has 1 amide bonds. The number of amides is 1. The lowest BCUT2D eigenvalue weighted by molar-refractivity contribution is -0.129. The Morgan fingerprint density at radius 2 is 1.96 bits per heavy atom. The second-order valence-corrected chi connectivity index (χ2v) is 6.27. The molecule has 2 rings (SSSR count). The van der Waals surface area contributed by atoms with Crippen LogP contribution < -0.4 is 0 Å². The van der Waals surface area contributed by atoms with Gasteiger partial charge in [-0.3, -0.25) is 14.6 Å². The maximum atomic E-state index is 12.4. The maximum absolute atomic E-state index is 12.4. The van der Waals surface area contributed by atoms with E-state index in [-0.39, 0.29) is 11.4 Å². The van der Waals surface area contributed by atoms with E-state index in [0.717, 1.165) is 24.8 Å². The number of hydrogen-bond donors (Lipinski definition) is 1. The van der Waals surface area contributed by atoms with E-state index in [2.05, 4.69) is 11.9 Å². The van der Waals surface area contributed by atoms with Crippen LogP contribution in [-0.4, -0.2) is 33.2 Å². The van der Waals surface area contributed by atoms with E-state index in [1.165, 1.54) is 26.2 Å². The number of aliphatic hydroxyl groups is 1. The lowest BCUT2D eigenvalue weighted by atomic mass is 9.98. The van der Waals surface area contributed by atoms with Gasteiger partial charge >= 0.3 is 0 Å². The first kappa shape index (κ1) is 18.2. The maximum Gasteiger partial charge on any atom is 0.290 e. The predicted molar refractivity (Wildman–Crippen MR) is 92.4 cm³/mol. The third kappa shape index (κ3) is 4.02. The average Bonchev–Trinajstić information content (AvgIpc) is 2.83. The largest absolute Gasteiger partial charge is 0.503 e. The minimum Gasteiger partial charge on any atom is -0.503 e. The van der Waals surface area contributed by atoms with Crippen LogP contribution in [0.15, 0.2) is 35.9 Å². The molecule has 0 spiro atoms. The number of aliphatic hydroxyl groups excluding tert-OH is 1. The highest BCUT2D eigenvalue weighted by molar-refractivity contribution is 6.08. The molecule has 0 aromatic carbocycles. The first-order valence-electron chi connectivity index (χ1n) is 8.72. The quantitative estimate of drug-likeness (QED) is 0.700. The van der Waals surface area contributed by atoms with Crippen molar-refractivity contribution in [2.75, 3.05) is 6.54 Å². The normalized spacial score (nSPS) is 17.7. The Kier molecular flexibility index (Phi) is 6.53. The molecule has 2 heterocycles. The zero-order valence-electron chi connectivity index (χ0n) is 14.5. The van der Waals surface area contributed by atoms with Gasteiger partial charge in [0.25, 0.3) is 5.91 Å². The standard InChI is InChI=1S/C19H26N2O3/c1-3-4-5-6-7-8-12-21-17(15-10-9-11-20-13-15)16(14(2)22)18(23)19(21)24/h9-11,13,17,23H,3-8,12H2,1-2H3. The van der Waals surface area contributed by atoms with E-state index >= 15 is 0 Å². The molecule has 5 nitrogen and oxygen atoms in total. The average molecular weight is 330 g/mol. The first-order valence-corrected chi connectivity index (χ1v) is 8.72. The first-order chi connectivity index (χ1) is 11.6. The number of unbranched alkanes of at least 4 members (excludes halogenated alkanes) is 5. The number of carbonyl (C=O) groups is 2. The Bertz CT molecular complexity index is 610. The molecule has 24 heavy (non-hydrogen) atoms. The second-order valence-electron chi connectivity index (χ2n) is 6.27. The summed E-state index contributed by atoms with van der Waals surface area (Å²) in [5, 5.41) is 10.1. The lowest BCUT2D eigenvalue weighted by Gasteiger charge is -2.26. The molecule has 1 aliphatic heterocycles. The van der Waals surface area contributed by atoms with E-state index in [4.69, 9.17) is 0 Å². The zero-order valence-corrected chi connectivity index (χ0v) is 14.5. The smallest absolute Gasteiger partial charge is 0.290 e. The van der Waals surface area contributed by atoms with Gasteiger partial charge < -0.3 is 10.0 Å². The molecular weight excluding hydrogens is 304 g/mol. The minimum absolute atomic E-state index is 0.180. The Morgan fingerprint density at radius 3 is 2.58 bits per heavy atom. The van der Waals surface area contributed by atoms with Crippen LogP contribution in [-0.2, 0) is 9.59 Å². The number of nitrogens with zero attached hydrogens (tertiary/aromatic N) is 2. The summed E-state index contributed by atoms with van der Waals surface area (Å²) in [4.78, 5) is 30.1. The van der Waals surface area contributed by atoms with E-state index in [9.17, 15) is 14.7 Å². The SMILES string of the molecule is CCCCCCCCN1C(=O)C(O)=C(C(C)=O)C1c1cccnc1. The number of aromatic nitrogens is 1. The molecule has 0 bridgehead atoms. The lowest BCUT2D eigenvalue weighted by Crippen LogP contribution is -2.32. The van der Waals surface area contributed by atoms with Crippen molar-refractivity contribution in [3.05, 3.63) is 41.4 Å². The molecule has 5 heteroatoms. The van der Waals surface area contributed by atoms with Crippen molar-refractivity contribution in [3.63, 3.8) is 0 Å². The van der Waals surface area contributed by atoms with Gasteiger partial charge in [-0.05, 0) is 25.0 Å². The number of rotatable bonds is 9. The summed E-state index contributed by atoms with van der Waals surface area (Å²) in [6.07, 6.45) is 9.99.